The van der Waals surface area contributed by atoms with Gasteiger partial charge < -0.3 is 20.1 Å². The molecular weight excluding hydrogens is 380 g/mol. The number of para-hydroxylation sites is 1. The standard InChI is InChI=1S/C24H26N2O4/c1-17-8-3-6-11-21(17)26-24(28)20-14-18-9-4-5-10-19(18)15-22(20)30-16-23(27)25-12-7-13-29-2/h3-6,8-11,14-15H,7,12-13,16H2,1-2H3,(H,25,27)(H,26,28). The minimum atomic E-state index is -0.287. The molecule has 3 aromatic rings. The minimum Gasteiger partial charge on any atom is -0.483 e. The van der Waals surface area contributed by atoms with Gasteiger partial charge >= 0.3 is 0 Å². The molecule has 156 valence electrons. The lowest BCUT2D eigenvalue weighted by molar-refractivity contribution is -0.123. The van der Waals surface area contributed by atoms with Crippen LogP contribution < -0.4 is 15.4 Å². The van der Waals surface area contributed by atoms with Gasteiger partial charge in [-0.1, -0.05) is 42.5 Å². The van der Waals surface area contributed by atoms with E-state index >= 15 is 0 Å². The van der Waals surface area contributed by atoms with E-state index < -0.39 is 0 Å². The number of aryl methyl sites for hydroxylation is 1. The molecule has 0 radical (unpaired) electrons. The number of amides is 2. The number of hydrogen-bond acceptors (Lipinski definition) is 4. The van der Waals surface area contributed by atoms with Crippen LogP contribution in [0.25, 0.3) is 10.8 Å². The third-order valence-corrected chi connectivity index (χ3v) is 4.69. The number of fused-ring (bicyclic) bond motifs is 1. The molecule has 0 aliphatic rings. The molecule has 0 spiro atoms. The Balaban J connectivity index is 1.79. The molecule has 3 aromatic carbocycles. The highest BCUT2D eigenvalue weighted by molar-refractivity contribution is 6.09. The van der Waals surface area contributed by atoms with Gasteiger partial charge in [-0.3, -0.25) is 9.59 Å². The van der Waals surface area contributed by atoms with Gasteiger partial charge in [-0.2, -0.15) is 0 Å². The first-order chi connectivity index (χ1) is 14.6. The topological polar surface area (TPSA) is 76.7 Å². The molecule has 0 aliphatic carbocycles. The average Bonchev–Trinajstić information content (AvgIpc) is 2.76. The van der Waals surface area contributed by atoms with Gasteiger partial charge in [0.05, 0.1) is 5.56 Å². The van der Waals surface area contributed by atoms with Crippen molar-refractivity contribution in [2.45, 2.75) is 13.3 Å². The number of anilines is 1. The smallest absolute Gasteiger partial charge is 0.259 e. The summed E-state index contributed by atoms with van der Waals surface area (Å²) in [5, 5.41) is 7.56. The first-order valence-electron chi connectivity index (χ1n) is 9.86. The fourth-order valence-corrected chi connectivity index (χ4v) is 3.06. The van der Waals surface area contributed by atoms with E-state index in [1.807, 2.05) is 55.5 Å². The van der Waals surface area contributed by atoms with Crippen molar-refractivity contribution < 1.29 is 19.1 Å². The Morgan fingerprint density at radius 2 is 1.67 bits per heavy atom. The molecular formula is C24H26N2O4. The third kappa shape index (κ3) is 5.58. The van der Waals surface area contributed by atoms with Crippen LogP contribution >= 0.6 is 0 Å². The maximum atomic E-state index is 13.0. The predicted molar refractivity (Wildman–Crippen MR) is 118 cm³/mol. The molecule has 0 saturated heterocycles. The maximum absolute atomic E-state index is 13.0. The minimum absolute atomic E-state index is 0.171. The molecule has 0 unspecified atom stereocenters. The molecule has 0 bridgehead atoms. The second kappa shape index (κ2) is 10.4. The van der Waals surface area contributed by atoms with Crippen LogP contribution in [0.5, 0.6) is 5.75 Å². The highest BCUT2D eigenvalue weighted by Crippen LogP contribution is 2.27. The van der Waals surface area contributed by atoms with Gasteiger partial charge in [0.15, 0.2) is 6.61 Å². The fourth-order valence-electron chi connectivity index (χ4n) is 3.06. The molecule has 0 aromatic heterocycles. The van der Waals surface area contributed by atoms with Gasteiger partial charge in [0.2, 0.25) is 0 Å². The van der Waals surface area contributed by atoms with E-state index in [9.17, 15) is 9.59 Å². The zero-order valence-corrected chi connectivity index (χ0v) is 17.2. The number of methoxy groups -OCH3 is 1. The van der Waals surface area contributed by atoms with E-state index in [0.29, 0.717) is 24.5 Å². The Morgan fingerprint density at radius 3 is 2.40 bits per heavy atom. The molecule has 0 atom stereocenters. The summed E-state index contributed by atoms with van der Waals surface area (Å²) in [6, 6.07) is 18.9. The van der Waals surface area contributed by atoms with E-state index in [4.69, 9.17) is 9.47 Å². The molecule has 6 heteroatoms. The van der Waals surface area contributed by atoms with Gasteiger partial charge in [0, 0.05) is 25.9 Å². The maximum Gasteiger partial charge on any atom is 0.259 e. The Labute approximate surface area is 176 Å². The van der Waals surface area contributed by atoms with Crippen LogP contribution in [0.15, 0.2) is 60.7 Å². The zero-order chi connectivity index (χ0) is 21.3. The highest BCUT2D eigenvalue weighted by Gasteiger charge is 2.16. The van der Waals surface area contributed by atoms with Crippen molar-refractivity contribution >= 4 is 28.3 Å². The van der Waals surface area contributed by atoms with E-state index in [2.05, 4.69) is 10.6 Å². The predicted octanol–water partition coefficient (Wildman–Crippen LogP) is 3.93. The van der Waals surface area contributed by atoms with Gasteiger partial charge in [-0.15, -0.1) is 0 Å². The second-order valence-electron chi connectivity index (χ2n) is 6.95. The number of benzene rings is 3. The zero-order valence-electron chi connectivity index (χ0n) is 17.2. The largest absolute Gasteiger partial charge is 0.483 e. The van der Waals surface area contributed by atoms with Crippen LogP contribution in [0.1, 0.15) is 22.3 Å². The summed E-state index contributed by atoms with van der Waals surface area (Å²) in [5.74, 6) is -0.165. The van der Waals surface area contributed by atoms with Crippen LogP contribution in [0, 0.1) is 6.92 Å². The van der Waals surface area contributed by atoms with E-state index in [-0.39, 0.29) is 18.4 Å². The monoisotopic (exact) mass is 406 g/mol. The van der Waals surface area contributed by atoms with Crippen LogP contribution in [0.2, 0.25) is 0 Å². The van der Waals surface area contributed by atoms with Gasteiger partial charge in [-0.25, -0.2) is 0 Å². The Hall–Kier alpha value is -3.38. The highest BCUT2D eigenvalue weighted by atomic mass is 16.5. The Bertz CT molecular complexity index is 1030. The third-order valence-electron chi connectivity index (χ3n) is 4.69. The van der Waals surface area contributed by atoms with Crippen molar-refractivity contribution in [2.24, 2.45) is 0 Å². The summed E-state index contributed by atoms with van der Waals surface area (Å²) in [5.41, 5.74) is 2.08. The van der Waals surface area contributed by atoms with Gasteiger partial charge in [-0.05, 0) is 47.9 Å². The normalized spacial score (nSPS) is 10.6. The summed E-state index contributed by atoms with van der Waals surface area (Å²) in [4.78, 5) is 25.1. The van der Waals surface area contributed by atoms with E-state index in [1.165, 1.54) is 0 Å². The van der Waals surface area contributed by atoms with Crippen molar-refractivity contribution in [1.82, 2.24) is 5.32 Å². The lowest BCUT2D eigenvalue weighted by Gasteiger charge is -2.14. The molecule has 6 nitrogen and oxygen atoms in total. The molecule has 30 heavy (non-hydrogen) atoms. The van der Waals surface area contributed by atoms with E-state index in [0.717, 1.165) is 28.4 Å². The molecule has 2 N–H and O–H groups in total. The summed E-state index contributed by atoms with van der Waals surface area (Å²) in [6.07, 6.45) is 0.725. The van der Waals surface area contributed by atoms with Crippen molar-refractivity contribution in [1.29, 1.82) is 0 Å². The van der Waals surface area contributed by atoms with Gasteiger partial charge in [0.1, 0.15) is 5.75 Å². The lowest BCUT2D eigenvalue weighted by atomic mass is 10.0. The first-order valence-corrected chi connectivity index (χ1v) is 9.86. The van der Waals surface area contributed by atoms with Gasteiger partial charge in [0.25, 0.3) is 11.8 Å². The first kappa shape index (κ1) is 21.3. The molecule has 0 fully saturated rings. The van der Waals surface area contributed by atoms with Crippen LogP contribution in [-0.2, 0) is 9.53 Å². The molecule has 3 rings (SSSR count). The van der Waals surface area contributed by atoms with Crippen molar-refractivity contribution in [2.75, 3.05) is 32.2 Å². The number of carbonyl (C=O) groups excluding carboxylic acids is 2. The summed E-state index contributed by atoms with van der Waals surface area (Å²) in [6.45, 7) is 2.85. The van der Waals surface area contributed by atoms with Crippen molar-refractivity contribution in [3.8, 4) is 5.75 Å². The molecule has 2 amide bonds. The number of rotatable bonds is 9. The van der Waals surface area contributed by atoms with Crippen LogP contribution in [0.3, 0.4) is 0 Å². The summed E-state index contributed by atoms with van der Waals surface area (Å²) in [7, 11) is 1.62. The Morgan fingerprint density at radius 1 is 0.967 bits per heavy atom. The van der Waals surface area contributed by atoms with Crippen molar-refractivity contribution in [3.05, 3.63) is 71.8 Å². The molecule has 0 heterocycles. The SMILES string of the molecule is COCCCNC(=O)COc1cc2ccccc2cc1C(=O)Nc1ccccc1C. The number of carbonyl (C=O) groups is 2. The van der Waals surface area contributed by atoms with Crippen LogP contribution in [0.4, 0.5) is 5.69 Å². The quantitative estimate of drug-likeness (QED) is 0.528. The summed E-state index contributed by atoms with van der Waals surface area (Å²) < 4.78 is 10.7. The lowest BCUT2D eigenvalue weighted by Crippen LogP contribution is -2.30. The fraction of sp³-hybridized carbons (Fsp3) is 0.250. The van der Waals surface area contributed by atoms with Crippen molar-refractivity contribution in [3.63, 3.8) is 0 Å². The number of ether oxygens (including phenoxy) is 2. The Kier molecular flexibility index (Phi) is 7.40. The number of nitrogens with one attached hydrogen (secondary N) is 2. The summed E-state index contributed by atoms with van der Waals surface area (Å²) >= 11 is 0. The average molecular weight is 406 g/mol. The second-order valence-corrected chi connectivity index (χ2v) is 6.95. The molecule has 0 aliphatic heterocycles. The van der Waals surface area contributed by atoms with E-state index in [1.54, 1.807) is 19.2 Å². The number of hydrogen-bond donors (Lipinski definition) is 2. The van der Waals surface area contributed by atoms with Crippen LogP contribution in [-0.4, -0.2) is 38.7 Å². The molecule has 0 saturated carbocycles.